The first-order valence-corrected chi connectivity index (χ1v) is 11.6. The average molecular weight is 520 g/mol. The van der Waals surface area contributed by atoms with Crippen LogP contribution in [0.15, 0.2) is 58.3 Å². The maximum absolute atomic E-state index is 13.3. The second-order valence-electron chi connectivity index (χ2n) is 8.26. The number of hydrogen-bond acceptors (Lipinski definition) is 5. The standard InChI is InChI=1S/C26H28F3N3O5/c1-4-5-13-31-16-20(23(33)30-12-11-17-9-10-21(36-2)22(14-17)37-3)24(34)32(25(31)35)19-8-6-7-18(15-19)26(27,28)29/h6-10,14-16H,4-5,11-13H2,1-3H3,(H,30,33). The molecule has 37 heavy (non-hydrogen) atoms. The van der Waals surface area contributed by atoms with Gasteiger partial charge in [-0.1, -0.05) is 25.5 Å². The van der Waals surface area contributed by atoms with Crippen molar-refractivity contribution in [3.8, 4) is 17.2 Å². The number of benzene rings is 2. The van der Waals surface area contributed by atoms with Gasteiger partial charge >= 0.3 is 11.9 Å². The summed E-state index contributed by atoms with van der Waals surface area (Å²) in [5, 5.41) is 2.65. The van der Waals surface area contributed by atoms with Gasteiger partial charge in [0.25, 0.3) is 11.5 Å². The molecule has 11 heteroatoms. The lowest BCUT2D eigenvalue weighted by Gasteiger charge is -2.15. The highest BCUT2D eigenvalue weighted by molar-refractivity contribution is 5.93. The summed E-state index contributed by atoms with van der Waals surface area (Å²) in [6, 6.07) is 9.18. The van der Waals surface area contributed by atoms with E-state index in [9.17, 15) is 27.6 Å². The summed E-state index contributed by atoms with van der Waals surface area (Å²) in [5.41, 5.74) is -2.61. The molecule has 0 atom stereocenters. The molecule has 0 aliphatic carbocycles. The zero-order valence-corrected chi connectivity index (χ0v) is 20.7. The molecule has 0 spiro atoms. The number of aryl methyl sites for hydroxylation is 1. The average Bonchev–Trinajstić information content (AvgIpc) is 2.87. The number of carbonyl (C=O) groups excluding carboxylic acids is 1. The van der Waals surface area contributed by atoms with Crippen LogP contribution in [0.3, 0.4) is 0 Å². The van der Waals surface area contributed by atoms with Crippen molar-refractivity contribution >= 4 is 5.91 Å². The van der Waals surface area contributed by atoms with Crippen LogP contribution in [0.1, 0.15) is 41.3 Å². The number of unbranched alkanes of at least 4 members (excludes halogenated alkanes) is 1. The lowest BCUT2D eigenvalue weighted by Crippen LogP contribution is -2.43. The fourth-order valence-corrected chi connectivity index (χ4v) is 3.75. The van der Waals surface area contributed by atoms with Crippen LogP contribution in [0.25, 0.3) is 5.69 Å². The van der Waals surface area contributed by atoms with Crippen LogP contribution in [0, 0.1) is 0 Å². The van der Waals surface area contributed by atoms with Gasteiger partial charge in [0.05, 0.1) is 25.5 Å². The van der Waals surface area contributed by atoms with Crippen LogP contribution >= 0.6 is 0 Å². The Labute approximate surface area is 211 Å². The summed E-state index contributed by atoms with van der Waals surface area (Å²) in [7, 11) is 3.02. The predicted molar refractivity (Wildman–Crippen MR) is 132 cm³/mol. The van der Waals surface area contributed by atoms with E-state index in [1.165, 1.54) is 24.9 Å². The van der Waals surface area contributed by atoms with E-state index in [0.717, 1.165) is 30.3 Å². The maximum atomic E-state index is 13.3. The molecule has 2 aromatic carbocycles. The molecule has 1 N–H and O–H groups in total. The largest absolute Gasteiger partial charge is 0.493 e. The van der Waals surface area contributed by atoms with Gasteiger partial charge in [-0.25, -0.2) is 9.36 Å². The molecule has 3 rings (SSSR count). The lowest BCUT2D eigenvalue weighted by molar-refractivity contribution is -0.137. The Morgan fingerprint density at radius 3 is 2.41 bits per heavy atom. The van der Waals surface area contributed by atoms with E-state index in [1.54, 1.807) is 18.2 Å². The first-order valence-electron chi connectivity index (χ1n) is 11.6. The Balaban J connectivity index is 1.93. The van der Waals surface area contributed by atoms with E-state index in [-0.39, 0.29) is 24.3 Å². The highest BCUT2D eigenvalue weighted by Gasteiger charge is 2.31. The smallest absolute Gasteiger partial charge is 0.416 e. The molecular formula is C26H28F3N3O5. The van der Waals surface area contributed by atoms with Gasteiger partial charge in [-0.2, -0.15) is 13.2 Å². The molecule has 0 unspecified atom stereocenters. The number of carbonyl (C=O) groups is 1. The summed E-state index contributed by atoms with van der Waals surface area (Å²) in [4.78, 5) is 39.2. The molecule has 198 valence electrons. The predicted octanol–water partition coefficient (Wildman–Crippen LogP) is 3.81. The molecule has 0 fully saturated rings. The van der Waals surface area contributed by atoms with Crippen molar-refractivity contribution in [2.45, 2.75) is 38.9 Å². The number of halogens is 3. The highest BCUT2D eigenvalue weighted by Crippen LogP contribution is 2.30. The van der Waals surface area contributed by atoms with Crippen molar-refractivity contribution in [2.24, 2.45) is 0 Å². The van der Waals surface area contributed by atoms with Gasteiger partial charge in [0.2, 0.25) is 0 Å². The minimum atomic E-state index is -4.67. The van der Waals surface area contributed by atoms with Gasteiger partial charge in [-0.15, -0.1) is 0 Å². The molecule has 8 nitrogen and oxygen atoms in total. The summed E-state index contributed by atoms with van der Waals surface area (Å²) < 4.78 is 52.0. The number of ether oxygens (including phenoxy) is 2. The van der Waals surface area contributed by atoms with Gasteiger partial charge in [0, 0.05) is 19.3 Å². The second-order valence-corrected chi connectivity index (χ2v) is 8.26. The second kappa shape index (κ2) is 11.8. The van der Waals surface area contributed by atoms with Crippen molar-refractivity contribution in [3.05, 3.63) is 86.2 Å². The molecule has 0 saturated heterocycles. The van der Waals surface area contributed by atoms with Crippen LogP contribution < -0.4 is 26.0 Å². The Bertz CT molecular complexity index is 1380. The van der Waals surface area contributed by atoms with Crippen molar-refractivity contribution in [2.75, 3.05) is 20.8 Å². The number of methoxy groups -OCH3 is 2. The zero-order valence-electron chi connectivity index (χ0n) is 20.7. The Morgan fingerprint density at radius 1 is 1.03 bits per heavy atom. The van der Waals surface area contributed by atoms with E-state index >= 15 is 0 Å². The Hall–Kier alpha value is -4.02. The van der Waals surface area contributed by atoms with Gasteiger partial charge in [-0.3, -0.25) is 14.2 Å². The van der Waals surface area contributed by atoms with Crippen LogP contribution in [0.4, 0.5) is 13.2 Å². The SMILES string of the molecule is CCCCn1cc(C(=O)NCCc2ccc(OC)c(OC)c2)c(=O)n(-c2cccc(C(F)(F)F)c2)c1=O. The number of hydrogen-bond donors (Lipinski definition) is 1. The quantitative estimate of drug-likeness (QED) is 0.440. The van der Waals surface area contributed by atoms with Gasteiger partial charge < -0.3 is 14.8 Å². The maximum Gasteiger partial charge on any atom is 0.416 e. The summed E-state index contributed by atoms with van der Waals surface area (Å²) in [5.74, 6) is 0.342. The third-order valence-corrected chi connectivity index (χ3v) is 5.73. The molecular weight excluding hydrogens is 491 g/mol. The summed E-state index contributed by atoms with van der Waals surface area (Å²) >= 11 is 0. The zero-order chi connectivity index (χ0) is 27.2. The topological polar surface area (TPSA) is 91.6 Å². The van der Waals surface area contributed by atoms with E-state index in [1.807, 2.05) is 6.92 Å². The fraction of sp³-hybridized carbons (Fsp3) is 0.346. The van der Waals surface area contributed by atoms with Crippen LogP contribution in [-0.4, -0.2) is 35.8 Å². The van der Waals surface area contributed by atoms with Crippen molar-refractivity contribution in [1.82, 2.24) is 14.5 Å². The molecule has 0 aliphatic rings. The Morgan fingerprint density at radius 2 is 1.76 bits per heavy atom. The summed E-state index contributed by atoms with van der Waals surface area (Å²) in [6.45, 7) is 2.25. The first kappa shape index (κ1) is 27.6. The van der Waals surface area contributed by atoms with Crippen LogP contribution in [-0.2, 0) is 19.1 Å². The van der Waals surface area contributed by atoms with Gasteiger partial charge in [0.15, 0.2) is 11.5 Å². The first-order chi connectivity index (χ1) is 17.6. The van der Waals surface area contributed by atoms with E-state index in [2.05, 4.69) is 5.32 Å². The minimum absolute atomic E-state index is 0.158. The summed E-state index contributed by atoms with van der Waals surface area (Å²) in [6.07, 6.45) is -1.80. The normalized spacial score (nSPS) is 11.3. The number of alkyl halides is 3. The van der Waals surface area contributed by atoms with Crippen LogP contribution in [0.5, 0.6) is 11.5 Å². The minimum Gasteiger partial charge on any atom is -0.493 e. The third kappa shape index (κ3) is 6.41. The van der Waals surface area contributed by atoms with E-state index in [4.69, 9.17) is 9.47 Å². The Kier molecular flexibility index (Phi) is 8.80. The van der Waals surface area contributed by atoms with Gasteiger partial charge in [-0.05, 0) is 48.7 Å². The van der Waals surface area contributed by atoms with Crippen molar-refractivity contribution in [1.29, 1.82) is 0 Å². The number of nitrogens with zero attached hydrogens (tertiary/aromatic N) is 2. The molecule has 0 aliphatic heterocycles. The monoisotopic (exact) mass is 519 g/mol. The van der Waals surface area contributed by atoms with Crippen molar-refractivity contribution in [3.63, 3.8) is 0 Å². The molecule has 1 aromatic heterocycles. The number of aromatic nitrogens is 2. The molecule has 0 saturated carbocycles. The van der Waals surface area contributed by atoms with E-state index in [0.29, 0.717) is 35.0 Å². The number of amides is 1. The van der Waals surface area contributed by atoms with E-state index < -0.39 is 28.9 Å². The molecule has 0 radical (unpaired) electrons. The fourth-order valence-electron chi connectivity index (χ4n) is 3.75. The molecule has 1 amide bonds. The third-order valence-electron chi connectivity index (χ3n) is 5.73. The lowest BCUT2D eigenvalue weighted by atomic mass is 10.1. The number of rotatable bonds is 10. The van der Waals surface area contributed by atoms with Gasteiger partial charge in [0.1, 0.15) is 5.56 Å². The molecule has 1 heterocycles. The van der Waals surface area contributed by atoms with Crippen molar-refractivity contribution < 1.29 is 27.4 Å². The molecule has 3 aromatic rings. The highest BCUT2D eigenvalue weighted by atomic mass is 19.4. The van der Waals surface area contributed by atoms with Crippen LogP contribution in [0.2, 0.25) is 0 Å². The molecule has 0 bridgehead atoms. The number of nitrogens with one attached hydrogen (secondary N) is 1.